The Balaban J connectivity index is 2.21. The van der Waals surface area contributed by atoms with Crippen molar-refractivity contribution < 1.29 is 14.7 Å². The molecule has 3 aromatic carbocycles. The molecule has 0 bridgehead atoms. The Hall–Kier alpha value is -2.30. The summed E-state index contributed by atoms with van der Waals surface area (Å²) < 4.78 is 5.12. The van der Waals surface area contributed by atoms with Crippen molar-refractivity contribution in [2.24, 2.45) is 0 Å². The summed E-state index contributed by atoms with van der Waals surface area (Å²) in [5, 5.41) is 20.2. The van der Waals surface area contributed by atoms with Crippen molar-refractivity contribution in [3.63, 3.8) is 0 Å². The highest BCUT2D eigenvalue weighted by atomic mass is 16.6. The highest BCUT2D eigenvalue weighted by molar-refractivity contribution is 6.34. The molecule has 0 atom stereocenters. The van der Waals surface area contributed by atoms with Crippen molar-refractivity contribution in [1.29, 1.82) is 0 Å². The van der Waals surface area contributed by atoms with Gasteiger partial charge in [0.1, 0.15) is 5.75 Å². The Morgan fingerprint density at radius 1 is 0.750 bits per heavy atom. The molecule has 0 saturated carbocycles. The van der Waals surface area contributed by atoms with Gasteiger partial charge >= 0.3 is 7.32 Å². The summed E-state index contributed by atoms with van der Waals surface area (Å²) in [6.45, 7) is 0. The van der Waals surface area contributed by atoms with Crippen LogP contribution in [0.3, 0.4) is 0 Å². The Morgan fingerprint density at radius 3 is 2.00 bits per heavy atom. The molecule has 0 aromatic heterocycles. The van der Waals surface area contributed by atoms with E-state index in [1.807, 2.05) is 66.7 Å². The Kier molecular flexibility index (Phi) is 3.42. The van der Waals surface area contributed by atoms with E-state index in [4.69, 9.17) is 14.7 Å². The third-order valence-electron chi connectivity index (χ3n) is 3.17. The minimum Gasteiger partial charge on any atom is -0.511 e. The van der Waals surface area contributed by atoms with Crippen LogP contribution in [0.1, 0.15) is 0 Å². The first-order chi connectivity index (χ1) is 9.74. The van der Waals surface area contributed by atoms with Crippen LogP contribution in [0.15, 0.2) is 66.7 Å². The monoisotopic (exact) mass is 264 g/mol. The van der Waals surface area contributed by atoms with E-state index >= 15 is 0 Å². The molecular weight excluding hydrogens is 251 g/mol. The first kappa shape index (κ1) is 12.7. The van der Waals surface area contributed by atoms with Gasteiger partial charge in [0.05, 0.1) is 0 Å². The summed E-state index contributed by atoms with van der Waals surface area (Å²) in [5.41, 5.74) is 1.80. The summed E-state index contributed by atoms with van der Waals surface area (Å²) in [5.74, 6) is 0.449. The lowest BCUT2D eigenvalue weighted by atomic mass is 9.99. The lowest BCUT2D eigenvalue weighted by Gasteiger charge is -2.13. The fourth-order valence-corrected chi connectivity index (χ4v) is 2.27. The largest absolute Gasteiger partial charge is 0.707 e. The van der Waals surface area contributed by atoms with E-state index < -0.39 is 7.32 Å². The van der Waals surface area contributed by atoms with E-state index in [1.54, 1.807) is 0 Å². The van der Waals surface area contributed by atoms with Crippen molar-refractivity contribution in [3.8, 4) is 16.9 Å². The molecule has 0 spiro atoms. The molecule has 0 aliphatic carbocycles. The van der Waals surface area contributed by atoms with Crippen molar-refractivity contribution in [1.82, 2.24) is 0 Å². The molecule has 0 unspecified atom stereocenters. The normalized spacial score (nSPS) is 10.5. The quantitative estimate of drug-likeness (QED) is 0.715. The molecule has 0 aliphatic rings. The lowest BCUT2D eigenvalue weighted by molar-refractivity contribution is 0.289. The van der Waals surface area contributed by atoms with Gasteiger partial charge in [-0.1, -0.05) is 54.6 Å². The highest BCUT2D eigenvalue weighted by Crippen LogP contribution is 2.34. The molecule has 0 amide bonds. The zero-order valence-corrected chi connectivity index (χ0v) is 10.7. The second kappa shape index (κ2) is 5.37. The van der Waals surface area contributed by atoms with Crippen molar-refractivity contribution in [3.05, 3.63) is 66.7 Å². The lowest BCUT2D eigenvalue weighted by Crippen LogP contribution is -2.20. The van der Waals surface area contributed by atoms with E-state index in [-0.39, 0.29) is 0 Å². The van der Waals surface area contributed by atoms with Crippen LogP contribution in [0.5, 0.6) is 5.75 Å². The molecule has 0 saturated heterocycles. The number of rotatable bonds is 3. The van der Waals surface area contributed by atoms with Crippen molar-refractivity contribution >= 4 is 18.1 Å². The molecule has 0 radical (unpaired) electrons. The molecule has 98 valence electrons. The Bertz CT molecular complexity index is 726. The minimum absolute atomic E-state index is 0.449. The maximum absolute atomic E-state index is 9.08. The first-order valence-electron chi connectivity index (χ1n) is 6.35. The smallest absolute Gasteiger partial charge is 0.511 e. The average molecular weight is 264 g/mol. The second-order valence-corrected chi connectivity index (χ2v) is 4.51. The van der Waals surface area contributed by atoms with E-state index in [2.05, 4.69) is 0 Å². The van der Waals surface area contributed by atoms with Gasteiger partial charge in [0.25, 0.3) is 0 Å². The minimum atomic E-state index is -1.83. The molecule has 0 heterocycles. The predicted octanol–water partition coefficient (Wildman–Crippen LogP) is 2.86. The third-order valence-corrected chi connectivity index (χ3v) is 3.17. The number of hydrogen-bond acceptors (Lipinski definition) is 3. The van der Waals surface area contributed by atoms with Gasteiger partial charge in [0.15, 0.2) is 0 Å². The van der Waals surface area contributed by atoms with Gasteiger partial charge in [-0.3, -0.25) is 0 Å². The maximum atomic E-state index is 9.08. The Labute approximate surface area is 117 Å². The predicted molar refractivity (Wildman–Crippen MR) is 80.2 cm³/mol. The van der Waals surface area contributed by atoms with Gasteiger partial charge < -0.3 is 14.7 Å². The van der Waals surface area contributed by atoms with Gasteiger partial charge in [0, 0.05) is 5.56 Å². The fourth-order valence-electron chi connectivity index (χ4n) is 2.27. The topological polar surface area (TPSA) is 49.7 Å². The highest BCUT2D eigenvalue weighted by Gasteiger charge is 2.16. The van der Waals surface area contributed by atoms with E-state index in [9.17, 15) is 0 Å². The molecule has 4 heteroatoms. The van der Waals surface area contributed by atoms with E-state index in [1.165, 1.54) is 0 Å². The van der Waals surface area contributed by atoms with Crippen LogP contribution in [0.25, 0.3) is 21.9 Å². The van der Waals surface area contributed by atoms with Crippen molar-refractivity contribution in [2.45, 2.75) is 0 Å². The zero-order chi connectivity index (χ0) is 13.9. The van der Waals surface area contributed by atoms with Crippen LogP contribution in [0, 0.1) is 0 Å². The van der Waals surface area contributed by atoms with Gasteiger partial charge in [0.2, 0.25) is 0 Å². The molecular formula is C16H13BO3. The summed E-state index contributed by atoms with van der Waals surface area (Å²) in [7, 11) is -1.83. The zero-order valence-electron chi connectivity index (χ0n) is 10.7. The average Bonchev–Trinajstić information content (AvgIpc) is 2.47. The molecule has 3 nitrogen and oxygen atoms in total. The van der Waals surface area contributed by atoms with Crippen LogP contribution in [-0.4, -0.2) is 17.4 Å². The number of hydrogen-bond donors (Lipinski definition) is 2. The summed E-state index contributed by atoms with van der Waals surface area (Å²) in [4.78, 5) is 0. The van der Waals surface area contributed by atoms with E-state index in [0.29, 0.717) is 5.75 Å². The van der Waals surface area contributed by atoms with Gasteiger partial charge in [-0.2, -0.15) is 0 Å². The SMILES string of the molecule is OB(O)Oc1cc2ccccc2cc1-c1ccccc1. The summed E-state index contributed by atoms with van der Waals surface area (Å²) in [6.07, 6.45) is 0. The molecule has 0 aliphatic heterocycles. The summed E-state index contributed by atoms with van der Waals surface area (Å²) >= 11 is 0. The van der Waals surface area contributed by atoms with Gasteiger partial charge in [-0.05, 0) is 28.5 Å². The van der Waals surface area contributed by atoms with Crippen LogP contribution in [-0.2, 0) is 0 Å². The second-order valence-electron chi connectivity index (χ2n) is 4.51. The third kappa shape index (κ3) is 2.52. The standard InChI is InChI=1S/C16H13BO3/c18-17(19)20-16-11-14-9-5-4-8-13(14)10-15(16)12-6-2-1-3-7-12/h1-11,18-19H. The molecule has 3 rings (SSSR count). The van der Waals surface area contributed by atoms with E-state index in [0.717, 1.165) is 21.9 Å². The van der Waals surface area contributed by atoms with Crippen molar-refractivity contribution in [2.75, 3.05) is 0 Å². The summed E-state index contributed by atoms with van der Waals surface area (Å²) in [6, 6.07) is 21.4. The first-order valence-corrected chi connectivity index (χ1v) is 6.35. The number of benzene rings is 3. The van der Waals surface area contributed by atoms with Crippen LogP contribution < -0.4 is 4.65 Å². The number of fused-ring (bicyclic) bond motifs is 1. The molecule has 0 fully saturated rings. The van der Waals surface area contributed by atoms with Crippen LogP contribution >= 0.6 is 0 Å². The van der Waals surface area contributed by atoms with Crippen LogP contribution in [0.4, 0.5) is 0 Å². The fraction of sp³-hybridized carbons (Fsp3) is 0. The van der Waals surface area contributed by atoms with Crippen LogP contribution in [0.2, 0.25) is 0 Å². The van der Waals surface area contributed by atoms with Gasteiger partial charge in [-0.25, -0.2) is 0 Å². The molecule has 2 N–H and O–H groups in total. The Morgan fingerprint density at radius 2 is 1.35 bits per heavy atom. The molecule has 3 aromatic rings. The van der Waals surface area contributed by atoms with Gasteiger partial charge in [-0.15, -0.1) is 0 Å². The molecule has 20 heavy (non-hydrogen) atoms. The maximum Gasteiger partial charge on any atom is 0.707 e.